The SMILES string of the molecule is CC(C)NC(=O)[C@]1(Cc2ccccc2-c2cncnc2)CCCN(C(=O)[C@@H]2C[C@H]2C)C1. The Morgan fingerprint density at radius 3 is 2.61 bits per heavy atom. The Labute approximate surface area is 184 Å². The van der Waals surface area contributed by atoms with Crippen LogP contribution in [0.15, 0.2) is 43.0 Å². The van der Waals surface area contributed by atoms with Crippen LogP contribution in [0.25, 0.3) is 11.1 Å². The first-order chi connectivity index (χ1) is 14.9. The molecule has 2 heterocycles. The summed E-state index contributed by atoms with van der Waals surface area (Å²) in [7, 11) is 0. The maximum absolute atomic E-state index is 13.5. The maximum Gasteiger partial charge on any atom is 0.228 e. The molecule has 0 radical (unpaired) electrons. The molecule has 6 nitrogen and oxygen atoms in total. The van der Waals surface area contributed by atoms with E-state index in [0.29, 0.717) is 18.9 Å². The van der Waals surface area contributed by atoms with Crippen LogP contribution >= 0.6 is 0 Å². The van der Waals surface area contributed by atoms with E-state index in [-0.39, 0.29) is 23.8 Å². The second kappa shape index (κ2) is 8.77. The van der Waals surface area contributed by atoms with Gasteiger partial charge in [0.15, 0.2) is 0 Å². The molecule has 0 bridgehead atoms. The maximum atomic E-state index is 13.5. The van der Waals surface area contributed by atoms with E-state index in [1.807, 2.05) is 30.9 Å². The number of nitrogens with one attached hydrogen (secondary N) is 1. The first kappa shape index (κ1) is 21.5. The van der Waals surface area contributed by atoms with Crippen LogP contribution < -0.4 is 5.32 Å². The number of benzene rings is 1. The van der Waals surface area contributed by atoms with E-state index < -0.39 is 5.41 Å². The quantitative estimate of drug-likeness (QED) is 0.776. The zero-order valence-electron chi connectivity index (χ0n) is 18.7. The molecule has 3 atom stereocenters. The van der Waals surface area contributed by atoms with Crippen molar-refractivity contribution in [2.24, 2.45) is 17.3 Å². The van der Waals surface area contributed by atoms with Crippen molar-refractivity contribution in [3.8, 4) is 11.1 Å². The summed E-state index contributed by atoms with van der Waals surface area (Å²) >= 11 is 0. The van der Waals surface area contributed by atoms with Gasteiger partial charge < -0.3 is 10.2 Å². The molecule has 2 fully saturated rings. The average Bonchev–Trinajstić information content (AvgIpc) is 3.50. The van der Waals surface area contributed by atoms with Gasteiger partial charge in [-0.05, 0) is 56.6 Å². The Bertz CT molecular complexity index is 946. The second-order valence-corrected chi connectivity index (χ2v) is 9.55. The van der Waals surface area contributed by atoms with Crippen molar-refractivity contribution in [3.63, 3.8) is 0 Å². The molecule has 1 aliphatic heterocycles. The fraction of sp³-hybridized carbons (Fsp3) is 0.520. The fourth-order valence-corrected chi connectivity index (χ4v) is 4.80. The molecule has 1 aromatic carbocycles. The summed E-state index contributed by atoms with van der Waals surface area (Å²) in [5.74, 6) is 0.867. The van der Waals surface area contributed by atoms with Gasteiger partial charge in [-0.25, -0.2) is 9.97 Å². The van der Waals surface area contributed by atoms with Crippen molar-refractivity contribution in [1.29, 1.82) is 0 Å². The molecule has 1 aliphatic carbocycles. The summed E-state index contributed by atoms with van der Waals surface area (Å²) < 4.78 is 0. The van der Waals surface area contributed by atoms with Crippen LogP contribution in [0.3, 0.4) is 0 Å². The van der Waals surface area contributed by atoms with Crippen molar-refractivity contribution in [2.45, 2.75) is 52.5 Å². The van der Waals surface area contributed by atoms with Gasteiger partial charge in [-0.1, -0.05) is 31.2 Å². The highest BCUT2D eigenvalue weighted by Gasteiger charge is 2.48. The van der Waals surface area contributed by atoms with Gasteiger partial charge in [-0.2, -0.15) is 0 Å². The minimum Gasteiger partial charge on any atom is -0.353 e. The summed E-state index contributed by atoms with van der Waals surface area (Å²) in [6, 6.07) is 8.19. The minimum absolute atomic E-state index is 0.0444. The van der Waals surface area contributed by atoms with Gasteiger partial charge in [0.05, 0.1) is 5.41 Å². The molecule has 6 heteroatoms. The third kappa shape index (κ3) is 4.63. The highest BCUT2D eigenvalue weighted by Crippen LogP contribution is 2.42. The van der Waals surface area contributed by atoms with Gasteiger partial charge in [-0.3, -0.25) is 9.59 Å². The monoisotopic (exact) mass is 420 g/mol. The molecule has 2 aliphatic rings. The highest BCUT2D eigenvalue weighted by atomic mass is 16.2. The summed E-state index contributed by atoms with van der Waals surface area (Å²) in [4.78, 5) is 36.8. The fourth-order valence-electron chi connectivity index (χ4n) is 4.80. The van der Waals surface area contributed by atoms with E-state index in [0.717, 1.165) is 42.5 Å². The van der Waals surface area contributed by atoms with Crippen LogP contribution in [-0.2, 0) is 16.0 Å². The lowest BCUT2D eigenvalue weighted by atomic mass is 9.73. The summed E-state index contributed by atoms with van der Waals surface area (Å²) in [5.41, 5.74) is 2.43. The number of rotatable bonds is 6. The minimum atomic E-state index is -0.637. The Morgan fingerprint density at radius 1 is 1.23 bits per heavy atom. The van der Waals surface area contributed by atoms with Crippen LogP contribution in [0.2, 0.25) is 0 Å². The van der Waals surface area contributed by atoms with Crippen molar-refractivity contribution in [2.75, 3.05) is 13.1 Å². The van der Waals surface area contributed by atoms with Gasteiger partial charge in [-0.15, -0.1) is 0 Å². The molecule has 4 rings (SSSR count). The molecule has 2 aromatic rings. The van der Waals surface area contributed by atoms with Crippen molar-refractivity contribution in [1.82, 2.24) is 20.2 Å². The number of likely N-dealkylation sites (tertiary alicyclic amines) is 1. The zero-order chi connectivity index (χ0) is 22.0. The van der Waals surface area contributed by atoms with Gasteiger partial charge in [0.2, 0.25) is 11.8 Å². The Kier molecular flexibility index (Phi) is 6.08. The van der Waals surface area contributed by atoms with Crippen molar-refractivity contribution in [3.05, 3.63) is 48.5 Å². The van der Waals surface area contributed by atoms with Gasteiger partial charge >= 0.3 is 0 Å². The molecule has 0 spiro atoms. The number of piperidine rings is 1. The first-order valence-corrected chi connectivity index (χ1v) is 11.3. The average molecular weight is 421 g/mol. The van der Waals surface area contributed by atoms with Crippen molar-refractivity contribution < 1.29 is 9.59 Å². The van der Waals surface area contributed by atoms with Crippen LogP contribution in [0.5, 0.6) is 0 Å². The lowest BCUT2D eigenvalue weighted by molar-refractivity contribution is -0.142. The molecule has 164 valence electrons. The van der Waals surface area contributed by atoms with Crippen molar-refractivity contribution >= 4 is 11.8 Å². The Balaban J connectivity index is 1.67. The van der Waals surface area contributed by atoms with Gasteiger partial charge in [0.1, 0.15) is 6.33 Å². The third-order valence-corrected chi connectivity index (χ3v) is 6.63. The summed E-state index contributed by atoms with van der Waals surface area (Å²) in [5, 5.41) is 3.14. The number of hydrogen-bond donors (Lipinski definition) is 1. The van der Waals surface area contributed by atoms with Crippen LogP contribution in [0.1, 0.15) is 45.6 Å². The topological polar surface area (TPSA) is 75.2 Å². The predicted molar refractivity (Wildman–Crippen MR) is 120 cm³/mol. The van der Waals surface area contributed by atoms with Crippen LogP contribution in [-0.4, -0.2) is 45.8 Å². The Morgan fingerprint density at radius 2 is 1.94 bits per heavy atom. The number of aromatic nitrogens is 2. The molecule has 1 N–H and O–H groups in total. The summed E-state index contributed by atoms with van der Waals surface area (Å²) in [6.07, 6.45) is 8.30. The second-order valence-electron chi connectivity index (χ2n) is 9.55. The molecule has 1 saturated carbocycles. The molecular weight excluding hydrogens is 388 g/mol. The third-order valence-electron chi connectivity index (χ3n) is 6.63. The van der Waals surface area contributed by atoms with E-state index in [1.165, 1.54) is 6.33 Å². The van der Waals surface area contributed by atoms with E-state index >= 15 is 0 Å². The lowest BCUT2D eigenvalue weighted by Gasteiger charge is -2.42. The normalized spacial score (nSPS) is 25.4. The number of hydrogen-bond acceptors (Lipinski definition) is 4. The van der Waals surface area contributed by atoms with E-state index in [4.69, 9.17) is 0 Å². The predicted octanol–water partition coefficient (Wildman–Crippen LogP) is 3.48. The molecule has 1 aromatic heterocycles. The van der Waals surface area contributed by atoms with Crippen LogP contribution in [0.4, 0.5) is 0 Å². The number of nitrogens with zero attached hydrogens (tertiary/aromatic N) is 3. The van der Waals surface area contributed by atoms with Gasteiger partial charge in [0.25, 0.3) is 0 Å². The van der Waals surface area contributed by atoms with Crippen LogP contribution in [0, 0.1) is 17.3 Å². The van der Waals surface area contributed by atoms with E-state index in [9.17, 15) is 9.59 Å². The zero-order valence-corrected chi connectivity index (χ0v) is 18.7. The first-order valence-electron chi connectivity index (χ1n) is 11.3. The van der Waals surface area contributed by atoms with E-state index in [2.05, 4.69) is 34.3 Å². The van der Waals surface area contributed by atoms with Gasteiger partial charge in [0, 0.05) is 43.0 Å². The molecule has 31 heavy (non-hydrogen) atoms. The molecule has 0 unspecified atom stereocenters. The largest absolute Gasteiger partial charge is 0.353 e. The standard InChI is InChI=1S/C25H32N4O2/c1-17(2)28-24(31)25(9-6-10-29(15-25)23(30)22-11-18(22)3)12-19-7-4-5-8-21(19)20-13-26-16-27-14-20/h4-5,7-8,13-14,16-18,22H,6,9-12,15H2,1-3H3,(H,28,31)/t18-,22-,25+/m1/s1. The molecule has 1 saturated heterocycles. The molecular formula is C25H32N4O2. The number of carbonyl (C=O) groups excluding carboxylic acids is 2. The lowest BCUT2D eigenvalue weighted by Crippen LogP contribution is -2.55. The molecule has 2 amide bonds. The summed E-state index contributed by atoms with van der Waals surface area (Å²) in [6.45, 7) is 7.32. The smallest absolute Gasteiger partial charge is 0.228 e. The van der Waals surface area contributed by atoms with E-state index in [1.54, 1.807) is 12.4 Å². The highest BCUT2D eigenvalue weighted by molar-refractivity contribution is 5.87. The number of carbonyl (C=O) groups is 2. The Hall–Kier alpha value is -2.76. The number of amides is 2.